The first-order valence-corrected chi connectivity index (χ1v) is 6.54. The normalized spacial score (nSPS) is 33.0. The van der Waals surface area contributed by atoms with Crippen molar-refractivity contribution in [1.29, 1.82) is 0 Å². The summed E-state index contributed by atoms with van der Waals surface area (Å²) in [6, 6.07) is 11.5. The van der Waals surface area contributed by atoms with E-state index in [4.69, 9.17) is 0 Å². The summed E-state index contributed by atoms with van der Waals surface area (Å²) in [6.07, 6.45) is 4.04. The molecule has 0 spiro atoms. The number of carbonyl (C=O) groups excluding carboxylic acids is 1. The number of carbonyl (C=O) groups is 1. The van der Waals surface area contributed by atoms with Crippen LogP contribution in [-0.2, 0) is 11.2 Å². The molecule has 0 saturated carbocycles. The van der Waals surface area contributed by atoms with Gasteiger partial charge in [-0.1, -0.05) is 30.3 Å². The van der Waals surface area contributed by atoms with Crippen LogP contribution in [0.2, 0.25) is 0 Å². The van der Waals surface area contributed by atoms with Crippen molar-refractivity contribution < 1.29 is 4.79 Å². The zero-order valence-electron chi connectivity index (χ0n) is 10.3. The number of rotatable bonds is 2. The molecule has 0 aliphatic carbocycles. The average Bonchev–Trinajstić information content (AvgIpc) is 2.54. The second kappa shape index (κ2) is 4.26. The standard InChI is InChI=1S/C15H19NO/c1-16-13-7-8-15(17)14(16)10-12(13)9-11-5-3-2-4-6-11/h2-6,12-14H,7-10H2,1H3/t12?,13-,14-/m1/s1. The summed E-state index contributed by atoms with van der Waals surface area (Å²) in [5.74, 6) is 1.12. The average molecular weight is 229 g/mol. The largest absolute Gasteiger partial charge is 0.298 e. The minimum absolute atomic E-state index is 0.211. The van der Waals surface area contributed by atoms with E-state index in [-0.39, 0.29) is 6.04 Å². The van der Waals surface area contributed by atoms with Crippen molar-refractivity contribution in [2.24, 2.45) is 5.92 Å². The van der Waals surface area contributed by atoms with Crippen molar-refractivity contribution in [1.82, 2.24) is 4.90 Å². The van der Waals surface area contributed by atoms with E-state index in [1.165, 1.54) is 5.56 Å². The zero-order valence-corrected chi connectivity index (χ0v) is 10.3. The smallest absolute Gasteiger partial charge is 0.150 e. The first-order valence-electron chi connectivity index (χ1n) is 6.54. The lowest BCUT2D eigenvalue weighted by atomic mass is 9.91. The molecule has 2 fully saturated rings. The molecule has 17 heavy (non-hydrogen) atoms. The van der Waals surface area contributed by atoms with Crippen LogP contribution in [0.1, 0.15) is 24.8 Å². The first kappa shape index (κ1) is 11.0. The Hall–Kier alpha value is -1.15. The number of benzene rings is 1. The van der Waals surface area contributed by atoms with Crippen LogP contribution >= 0.6 is 0 Å². The number of fused-ring (bicyclic) bond motifs is 2. The highest BCUT2D eigenvalue weighted by Gasteiger charge is 2.45. The van der Waals surface area contributed by atoms with E-state index in [9.17, 15) is 4.79 Å². The third kappa shape index (κ3) is 1.91. The number of hydrogen-bond acceptors (Lipinski definition) is 2. The molecule has 0 aromatic heterocycles. The lowest BCUT2D eigenvalue weighted by molar-refractivity contribution is -0.125. The monoisotopic (exact) mass is 229 g/mol. The highest BCUT2D eigenvalue weighted by atomic mass is 16.1. The number of ketones is 1. The van der Waals surface area contributed by atoms with Crippen molar-refractivity contribution >= 4 is 5.78 Å². The fraction of sp³-hybridized carbons (Fsp3) is 0.533. The molecule has 90 valence electrons. The van der Waals surface area contributed by atoms with Gasteiger partial charge in [0.05, 0.1) is 6.04 Å². The molecular formula is C15H19NO. The maximum Gasteiger partial charge on any atom is 0.150 e. The molecule has 0 N–H and O–H groups in total. The summed E-state index contributed by atoms with van der Waals surface area (Å²) < 4.78 is 0. The zero-order chi connectivity index (χ0) is 11.8. The molecule has 2 heteroatoms. The third-order valence-electron chi connectivity index (χ3n) is 4.48. The topological polar surface area (TPSA) is 20.3 Å². The Morgan fingerprint density at radius 3 is 2.76 bits per heavy atom. The summed E-state index contributed by atoms with van der Waals surface area (Å²) in [6.45, 7) is 0. The highest BCUT2D eigenvalue weighted by Crippen LogP contribution is 2.38. The van der Waals surface area contributed by atoms with Gasteiger partial charge < -0.3 is 0 Å². The van der Waals surface area contributed by atoms with Gasteiger partial charge in [0.2, 0.25) is 0 Å². The van der Waals surface area contributed by atoms with Gasteiger partial charge in [-0.25, -0.2) is 0 Å². The van der Waals surface area contributed by atoms with Crippen molar-refractivity contribution in [3.63, 3.8) is 0 Å². The highest BCUT2D eigenvalue weighted by molar-refractivity contribution is 5.85. The Morgan fingerprint density at radius 2 is 2.06 bits per heavy atom. The second-order valence-electron chi connectivity index (χ2n) is 5.44. The van der Waals surface area contributed by atoms with E-state index in [1.54, 1.807) is 0 Å². The Kier molecular flexibility index (Phi) is 2.75. The van der Waals surface area contributed by atoms with Crippen molar-refractivity contribution in [3.05, 3.63) is 35.9 Å². The van der Waals surface area contributed by atoms with E-state index in [2.05, 4.69) is 42.3 Å². The molecule has 3 atom stereocenters. The predicted octanol–water partition coefficient (Wildman–Crippen LogP) is 2.28. The van der Waals surface area contributed by atoms with Gasteiger partial charge >= 0.3 is 0 Å². The van der Waals surface area contributed by atoms with Crippen molar-refractivity contribution in [3.8, 4) is 0 Å². The lowest BCUT2D eigenvalue weighted by Gasteiger charge is -2.31. The maximum absolute atomic E-state index is 11.8. The van der Waals surface area contributed by atoms with Crippen LogP contribution in [0.5, 0.6) is 0 Å². The molecule has 3 rings (SSSR count). The molecule has 2 aliphatic heterocycles. The number of Topliss-reactive ketones (excluding diaryl/α,β-unsaturated/α-hetero) is 1. The van der Waals surface area contributed by atoms with Gasteiger partial charge in [-0.05, 0) is 37.8 Å². The predicted molar refractivity (Wildman–Crippen MR) is 67.8 cm³/mol. The minimum atomic E-state index is 0.211. The molecule has 2 nitrogen and oxygen atoms in total. The molecule has 2 aliphatic rings. The van der Waals surface area contributed by atoms with Crippen LogP contribution in [0, 0.1) is 5.92 Å². The fourth-order valence-corrected chi connectivity index (χ4v) is 3.56. The number of likely N-dealkylation sites (N-methyl/N-ethyl adjacent to an activating group) is 1. The molecule has 1 unspecified atom stereocenters. The van der Waals surface area contributed by atoms with Gasteiger partial charge in [0, 0.05) is 12.5 Å². The molecule has 2 bridgehead atoms. The van der Waals surface area contributed by atoms with Gasteiger partial charge in [0.25, 0.3) is 0 Å². The van der Waals surface area contributed by atoms with E-state index in [1.807, 2.05) is 0 Å². The molecule has 2 heterocycles. The molecule has 0 radical (unpaired) electrons. The Labute approximate surface area is 103 Å². The Bertz CT molecular complexity index is 414. The molecule has 1 aromatic rings. The van der Waals surface area contributed by atoms with Crippen LogP contribution < -0.4 is 0 Å². The summed E-state index contributed by atoms with van der Waals surface area (Å²) in [4.78, 5) is 14.1. The van der Waals surface area contributed by atoms with Crippen molar-refractivity contribution in [2.75, 3.05) is 7.05 Å². The SMILES string of the molecule is CN1[C@@H]2CC(Cc3ccccc3)[C@H]1CCC2=O. The van der Waals surface area contributed by atoms with E-state index in [0.29, 0.717) is 17.7 Å². The lowest BCUT2D eigenvalue weighted by Crippen LogP contribution is -2.43. The summed E-state index contributed by atoms with van der Waals surface area (Å²) in [5, 5.41) is 0. The summed E-state index contributed by atoms with van der Waals surface area (Å²) >= 11 is 0. The number of hydrogen-bond donors (Lipinski definition) is 0. The summed E-state index contributed by atoms with van der Waals surface area (Å²) in [5.41, 5.74) is 1.41. The third-order valence-corrected chi connectivity index (χ3v) is 4.48. The summed E-state index contributed by atoms with van der Waals surface area (Å²) in [7, 11) is 2.12. The quantitative estimate of drug-likeness (QED) is 0.775. The van der Waals surface area contributed by atoms with Crippen molar-refractivity contribution in [2.45, 2.75) is 37.8 Å². The molecular weight excluding hydrogens is 210 g/mol. The maximum atomic E-state index is 11.8. The van der Waals surface area contributed by atoms with Crippen LogP contribution in [-0.4, -0.2) is 29.8 Å². The Morgan fingerprint density at radius 1 is 1.29 bits per heavy atom. The van der Waals surface area contributed by atoms with E-state index >= 15 is 0 Å². The van der Waals surface area contributed by atoms with E-state index < -0.39 is 0 Å². The number of piperidine rings is 1. The van der Waals surface area contributed by atoms with Crippen LogP contribution in [0.3, 0.4) is 0 Å². The van der Waals surface area contributed by atoms with Gasteiger partial charge in [-0.2, -0.15) is 0 Å². The van der Waals surface area contributed by atoms with Crippen LogP contribution in [0.4, 0.5) is 0 Å². The molecule has 0 amide bonds. The van der Waals surface area contributed by atoms with Crippen LogP contribution in [0.15, 0.2) is 30.3 Å². The van der Waals surface area contributed by atoms with Gasteiger partial charge in [0.15, 0.2) is 0 Å². The molecule has 2 saturated heterocycles. The van der Waals surface area contributed by atoms with Gasteiger partial charge in [-0.15, -0.1) is 0 Å². The Balaban J connectivity index is 1.76. The number of nitrogens with zero attached hydrogens (tertiary/aromatic N) is 1. The van der Waals surface area contributed by atoms with Crippen LogP contribution in [0.25, 0.3) is 0 Å². The fourth-order valence-electron chi connectivity index (χ4n) is 3.56. The second-order valence-corrected chi connectivity index (χ2v) is 5.44. The van der Waals surface area contributed by atoms with E-state index in [0.717, 1.165) is 25.7 Å². The van der Waals surface area contributed by atoms with Gasteiger partial charge in [0.1, 0.15) is 5.78 Å². The first-order chi connectivity index (χ1) is 8.25. The molecule has 1 aromatic carbocycles. The minimum Gasteiger partial charge on any atom is -0.298 e. The van der Waals surface area contributed by atoms with Gasteiger partial charge in [-0.3, -0.25) is 9.69 Å².